The molecule has 0 saturated carbocycles. The molecule has 1 heterocycles. The summed E-state index contributed by atoms with van der Waals surface area (Å²) in [4.78, 5) is 2.35. The molecule has 18 heavy (non-hydrogen) atoms. The predicted octanol–water partition coefficient (Wildman–Crippen LogP) is 3.09. The number of hydrogen-bond donors (Lipinski definition) is 1. The summed E-state index contributed by atoms with van der Waals surface area (Å²) in [5.41, 5.74) is 2.08. The molecule has 0 amide bonds. The van der Waals surface area contributed by atoms with Gasteiger partial charge in [0.15, 0.2) is 0 Å². The first-order chi connectivity index (χ1) is 8.40. The first-order valence-electron chi connectivity index (χ1n) is 6.95. The highest BCUT2D eigenvalue weighted by atomic mass is 16.3. The van der Waals surface area contributed by atoms with Crippen molar-refractivity contribution in [3.8, 4) is 0 Å². The van der Waals surface area contributed by atoms with Gasteiger partial charge in [0.05, 0.1) is 5.60 Å². The lowest BCUT2D eigenvalue weighted by atomic mass is 9.88. The van der Waals surface area contributed by atoms with Crippen LogP contribution in [0.4, 0.5) is 5.69 Å². The number of benzene rings is 1. The van der Waals surface area contributed by atoms with Gasteiger partial charge in [-0.3, -0.25) is 0 Å². The zero-order chi connectivity index (χ0) is 13.3. The number of anilines is 1. The Kier molecular flexibility index (Phi) is 3.67. The summed E-state index contributed by atoms with van der Waals surface area (Å²) in [5, 5.41) is 10.5. The smallest absolute Gasteiger partial charge is 0.0816 e. The molecule has 0 bridgehead atoms. The van der Waals surface area contributed by atoms with Crippen LogP contribution in [0.1, 0.15) is 33.3 Å². The highest BCUT2D eigenvalue weighted by Crippen LogP contribution is 2.31. The molecule has 1 aromatic carbocycles. The van der Waals surface area contributed by atoms with Gasteiger partial charge in [0, 0.05) is 18.8 Å². The molecule has 0 radical (unpaired) electrons. The SMILES string of the molecule is CC1Cc2ccccc2N(CC(C)(O)C(C)C)C1. The summed E-state index contributed by atoms with van der Waals surface area (Å²) in [5.74, 6) is 0.921. The Morgan fingerprint density at radius 2 is 2.06 bits per heavy atom. The highest BCUT2D eigenvalue weighted by molar-refractivity contribution is 5.56. The Morgan fingerprint density at radius 3 is 2.72 bits per heavy atom. The lowest BCUT2D eigenvalue weighted by molar-refractivity contribution is 0.0198. The summed E-state index contributed by atoms with van der Waals surface area (Å²) in [6.07, 6.45) is 1.15. The molecule has 2 nitrogen and oxygen atoms in total. The quantitative estimate of drug-likeness (QED) is 0.887. The van der Waals surface area contributed by atoms with Gasteiger partial charge < -0.3 is 10.0 Å². The molecule has 2 rings (SSSR count). The van der Waals surface area contributed by atoms with Crippen LogP contribution in [-0.4, -0.2) is 23.8 Å². The average Bonchev–Trinajstić information content (AvgIpc) is 2.28. The Morgan fingerprint density at radius 1 is 1.39 bits per heavy atom. The second kappa shape index (κ2) is 4.93. The summed E-state index contributed by atoms with van der Waals surface area (Å²) in [7, 11) is 0. The Hall–Kier alpha value is -1.02. The van der Waals surface area contributed by atoms with Crippen molar-refractivity contribution in [1.82, 2.24) is 0 Å². The van der Waals surface area contributed by atoms with Gasteiger partial charge in [-0.2, -0.15) is 0 Å². The van der Waals surface area contributed by atoms with Gasteiger partial charge in [0.25, 0.3) is 0 Å². The minimum Gasteiger partial charge on any atom is -0.388 e. The molecule has 2 unspecified atom stereocenters. The number of β-amino-alcohol motifs (C(OH)–C–C–N with tert-alkyl or cyclic N) is 1. The fraction of sp³-hybridized carbons (Fsp3) is 0.625. The van der Waals surface area contributed by atoms with Crippen LogP contribution in [-0.2, 0) is 6.42 Å². The van der Waals surface area contributed by atoms with E-state index in [0.717, 1.165) is 13.0 Å². The van der Waals surface area contributed by atoms with Gasteiger partial charge in [-0.05, 0) is 36.8 Å². The van der Waals surface area contributed by atoms with Crippen LogP contribution in [0.25, 0.3) is 0 Å². The van der Waals surface area contributed by atoms with Crippen LogP contribution >= 0.6 is 0 Å². The van der Waals surface area contributed by atoms with Crippen molar-refractivity contribution >= 4 is 5.69 Å². The van der Waals surface area contributed by atoms with Crippen molar-refractivity contribution in [3.63, 3.8) is 0 Å². The largest absolute Gasteiger partial charge is 0.388 e. The molecule has 1 aliphatic rings. The minimum atomic E-state index is -0.635. The number of nitrogens with zero attached hydrogens (tertiary/aromatic N) is 1. The van der Waals surface area contributed by atoms with Crippen LogP contribution in [0.3, 0.4) is 0 Å². The van der Waals surface area contributed by atoms with E-state index in [-0.39, 0.29) is 5.92 Å². The Labute approximate surface area is 111 Å². The van der Waals surface area contributed by atoms with Gasteiger partial charge in [-0.25, -0.2) is 0 Å². The van der Waals surface area contributed by atoms with Crippen LogP contribution in [0.5, 0.6) is 0 Å². The minimum absolute atomic E-state index is 0.266. The number of hydrogen-bond acceptors (Lipinski definition) is 2. The van der Waals surface area contributed by atoms with Gasteiger partial charge >= 0.3 is 0 Å². The summed E-state index contributed by atoms with van der Waals surface area (Å²) in [6.45, 7) is 10.1. The molecule has 0 saturated heterocycles. The molecule has 1 aliphatic heterocycles. The molecule has 2 heteroatoms. The van der Waals surface area contributed by atoms with Crippen molar-refractivity contribution in [2.45, 2.75) is 39.7 Å². The second-order valence-electron chi connectivity index (χ2n) is 6.33. The van der Waals surface area contributed by atoms with Crippen LogP contribution < -0.4 is 4.90 Å². The third-order valence-corrected chi connectivity index (χ3v) is 4.19. The molecule has 0 aliphatic carbocycles. The number of aliphatic hydroxyl groups is 1. The van der Waals surface area contributed by atoms with Crippen molar-refractivity contribution in [2.24, 2.45) is 11.8 Å². The molecule has 1 N–H and O–H groups in total. The van der Waals surface area contributed by atoms with Crippen molar-refractivity contribution in [2.75, 3.05) is 18.0 Å². The van der Waals surface area contributed by atoms with Crippen molar-refractivity contribution in [3.05, 3.63) is 29.8 Å². The maximum absolute atomic E-state index is 10.5. The molecule has 0 fully saturated rings. The van der Waals surface area contributed by atoms with Crippen LogP contribution in [0.15, 0.2) is 24.3 Å². The van der Waals surface area contributed by atoms with E-state index in [0.29, 0.717) is 12.5 Å². The predicted molar refractivity (Wildman–Crippen MR) is 77.0 cm³/mol. The van der Waals surface area contributed by atoms with Gasteiger partial charge in [-0.15, -0.1) is 0 Å². The van der Waals surface area contributed by atoms with Crippen molar-refractivity contribution in [1.29, 1.82) is 0 Å². The zero-order valence-corrected chi connectivity index (χ0v) is 12.0. The number of rotatable bonds is 3. The molecule has 100 valence electrons. The highest BCUT2D eigenvalue weighted by Gasteiger charge is 2.31. The van der Waals surface area contributed by atoms with E-state index in [9.17, 15) is 5.11 Å². The number of fused-ring (bicyclic) bond motifs is 1. The third-order valence-electron chi connectivity index (χ3n) is 4.19. The lowest BCUT2D eigenvalue weighted by Crippen LogP contribution is -2.47. The fourth-order valence-electron chi connectivity index (χ4n) is 2.63. The summed E-state index contributed by atoms with van der Waals surface area (Å²) in [6, 6.07) is 8.58. The van der Waals surface area contributed by atoms with Gasteiger partial charge in [-0.1, -0.05) is 39.0 Å². The molecule has 2 atom stereocenters. The molecule has 0 spiro atoms. The maximum atomic E-state index is 10.5. The Balaban J connectivity index is 2.24. The van der Waals surface area contributed by atoms with Crippen LogP contribution in [0, 0.1) is 11.8 Å². The van der Waals surface area contributed by atoms with E-state index in [1.165, 1.54) is 11.3 Å². The molecule has 0 aromatic heterocycles. The van der Waals surface area contributed by atoms with E-state index in [1.807, 2.05) is 6.92 Å². The maximum Gasteiger partial charge on any atom is 0.0816 e. The fourth-order valence-corrected chi connectivity index (χ4v) is 2.63. The first kappa shape index (κ1) is 13.4. The number of para-hydroxylation sites is 1. The molecular formula is C16H25NO. The average molecular weight is 247 g/mol. The van der Waals surface area contributed by atoms with Gasteiger partial charge in [0.2, 0.25) is 0 Å². The van der Waals surface area contributed by atoms with Crippen LogP contribution in [0.2, 0.25) is 0 Å². The first-order valence-corrected chi connectivity index (χ1v) is 6.95. The summed E-state index contributed by atoms with van der Waals surface area (Å²) >= 11 is 0. The molecule has 1 aromatic rings. The second-order valence-corrected chi connectivity index (χ2v) is 6.33. The van der Waals surface area contributed by atoms with E-state index < -0.39 is 5.60 Å². The summed E-state index contributed by atoms with van der Waals surface area (Å²) < 4.78 is 0. The zero-order valence-electron chi connectivity index (χ0n) is 12.0. The van der Waals surface area contributed by atoms with Crippen molar-refractivity contribution < 1.29 is 5.11 Å². The van der Waals surface area contributed by atoms with E-state index in [4.69, 9.17) is 0 Å². The molecular weight excluding hydrogens is 222 g/mol. The Bertz CT molecular complexity index is 411. The monoisotopic (exact) mass is 247 g/mol. The topological polar surface area (TPSA) is 23.5 Å². The standard InChI is InChI=1S/C16H25NO/c1-12(2)16(4,18)11-17-10-13(3)9-14-7-5-6-8-15(14)17/h5-8,12-13,18H,9-11H2,1-4H3. The lowest BCUT2D eigenvalue weighted by Gasteiger charge is -2.40. The van der Waals surface area contributed by atoms with E-state index >= 15 is 0 Å². The normalized spacial score (nSPS) is 22.8. The van der Waals surface area contributed by atoms with Gasteiger partial charge in [0.1, 0.15) is 0 Å². The third kappa shape index (κ3) is 2.69. The van der Waals surface area contributed by atoms with E-state index in [1.54, 1.807) is 0 Å². The van der Waals surface area contributed by atoms with E-state index in [2.05, 4.69) is 49.9 Å².